The third-order valence-electron chi connectivity index (χ3n) is 2.28. The SMILES string of the molecule is CC/C=C/C(=O)c1ccc(CCC)cc1. The van der Waals surface area contributed by atoms with E-state index in [0.717, 1.165) is 24.8 Å². The van der Waals surface area contributed by atoms with Gasteiger partial charge in [-0.05, 0) is 24.5 Å². The van der Waals surface area contributed by atoms with Crippen molar-refractivity contribution in [2.24, 2.45) is 0 Å². The summed E-state index contributed by atoms with van der Waals surface area (Å²) in [5.74, 6) is 0.0971. The van der Waals surface area contributed by atoms with Gasteiger partial charge in [-0.3, -0.25) is 4.79 Å². The molecule has 0 saturated carbocycles. The average molecular weight is 202 g/mol. The highest BCUT2D eigenvalue weighted by Crippen LogP contribution is 2.07. The monoisotopic (exact) mass is 202 g/mol. The van der Waals surface area contributed by atoms with Gasteiger partial charge in [0.05, 0.1) is 0 Å². The quantitative estimate of drug-likeness (QED) is 0.524. The van der Waals surface area contributed by atoms with Gasteiger partial charge in [0.2, 0.25) is 0 Å². The zero-order valence-corrected chi connectivity index (χ0v) is 9.49. The summed E-state index contributed by atoms with van der Waals surface area (Å²) in [5.41, 5.74) is 2.08. The molecule has 0 aliphatic rings. The molecule has 1 rings (SSSR count). The lowest BCUT2D eigenvalue weighted by Gasteiger charge is -1.99. The van der Waals surface area contributed by atoms with Crippen molar-refractivity contribution in [1.29, 1.82) is 0 Å². The predicted octanol–water partition coefficient (Wildman–Crippen LogP) is 3.79. The Morgan fingerprint density at radius 2 is 1.87 bits per heavy atom. The van der Waals surface area contributed by atoms with Gasteiger partial charge < -0.3 is 0 Å². The molecule has 0 amide bonds. The number of carbonyl (C=O) groups excluding carboxylic acids is 1. The Labute approximate surface area is 91.8 Å². The van der Waals surface area contributed by atoms with Crippen LogP contribution in [0.4, 0.5) is 0 Å². The van der Waals surface area contributed by atoms with E-state index in [2.05, 4.69) is 6.92 Å². The number of benzene rings is 1. The third kappa shape index (κ3) is 3.70. The molecule has 0 aliphatic carbocycles. The fourth-order valence-corrected chi connectivity index (χ4v) is 1.45. The maximum absolute atomic E-state index is 11.6. The van der Waals surface area contributed by atoms with Crippen LogP contribution in [0.5, 0.6) is 0 Å². The molecule has 0 N–H and O–H groups in total. The second kappa shape index (κ2) is 6.18. The maximum Gasteiger partial charge on any atom is 0.185 e. The predicted molar refractivity (Wildman–Crippen MR) is 64.2 cm³/mol. The Bertz CT molecular complexity index is 333. The van der Waals surface area contributed by atoms with Crippen LogP contribution in [0.25, 0.3) is 0 Å². The minimum absolute atomic E-state index is 0.0971. The first kappa shape index (κ1) is 11.7. The Morgan fingerprint density at radius 1 is 1.20 bits per heavy atom. The largest absolute Gasteiger partial charge is 0.289 e. The minimum atomic E-state index is 0.0971. The van der Waals surface area contributed by atoms with E-state index in [1.807, 2.05) is 37.3 Å². The molecule has 0 aromatic heterocycles. The molecule has 0 radical (unpaired) electrons. The lowest BCUT2D eigenvalue weighted by Crippen LogP contribution is -1.94. The molecule has 0 bridgehead atoms. The van der Waals surface area contributed by atoms with Gasteiger partial charge in [-0.2, -0.15) is 0 Å². The van der Waals surface area contributed by atoms with E-state index in [0.29, 0.717) is 0 Å². The fourth-order valence-electron chi connectivity index (χ4n) is 1.45. The van der Waals surface area contributed by atoms with Crippen molar-refractivity contribution in [2.75, 3.05) is 0 Å². The van der Waals surface area contributed by atoms with Gasteiger partial charge in [0.15, 0.2) is 5.78 Å². The number of rotatable bonds is 5. The van der Waals surface area contributed by atoms with Crippen molar-refractivity contribution in [3.63, 3.8) is 0 Å². The number of hydrogen-bond acceptors (Lipinski definition) is 1. The highest BCUT2D eigenvalue weighted by Gasteiger charge is 2.00. The maximum atomic E-state index is 11.6. The van der Waals surface area contributed by atoms with Crippen LogP contribution in [0, 0.1) is 0 Å². The van der Waals surface area contributed by atoms with Crippen LogP contribution >= 0.6 is 0 Å². The topological polar surface area (TPSA) is 17.1 Å². The van der Waals surface area contributed by atoms with Crippen molar-refractivity contribution in [3.8, 4) is 0 Å². The molecular weight excluding hydrogens is 184 g/mol. The smallest absolute Gasteiger partial charge is 0.185 e. The van der Waals surface area contributed by atoms with Gasteiger partial charge in [-0.15, -0.1) is 0 Å². The van der Waals surface area contributed by atoms with Gasteiger partial charge in [0.1, 0.15) is 0 Å². The second-order valence-electron chi connectivity index (χ2n) is 3.62. The van der Waals surface area contributed by atoms with Crippen molar-refractivity contribution in [2.45, 2.75) is 33.1 Å². The second-order valence-corrected chi connectivity index (χ2v) is 3.62. The van der Waals surface area contributed by atoms with E-state index in [9.17, 15) is 4.79 Å². The van der Waals surface area contributed by atoms with Crippen molar-refractivity contribution in [3.05, 3.63) is 47.5 Å². The molecule has 0 unspecified atom stereocenters. The Hall–Kier alpha value is -1.37. The summed E-state index contributed by atoms with van der Waals surface area (Å²) >= 11 is 0. The van der Waals surface area contributed by atoms with E-state index in [4.69, 9.17) is 0 Å². The van der Waals surface area contributed by atoms with E-state index < -0.39 is 0 Å². The average Bonchev–Trinajstić information content (AvgIpc) is 2.27. The van der Waals surface area contributed by atoms with Gasteiger partial charge >= 0.3 is 0 Å². The summed E-state index contributed by atoms with van der Waals surface area (Å²) in [4.78, 5) is 11.6. The molecule has 0 spiro atoms. The lowest BCUT2D eigenvalue weighted by molar-refractivity contribution is 0.104. The van der Waals surface area contributed by atoms with Gasteiger partial charge in [-0.25, -0.2) is 0 Å². The molecule has 1 heteroatoms. The van der Waals surface area contributed by atoms with Crippen LogP contribution in [0.3, 0.4) is 0 Å². The molecule has 0 aliphatic heterocycles. The number of allylic oxidation sites excluding steroid dienone is 2. The van der Waals surface area contributed by atoms with Crippen molar-refractivity contribution < 1.29 is 4.79 Å². The molecule has 1 aromatic carbocycles. The number of carbonyl (C=O) groups is 1. The lowest BCUT2D eigenvalue weighted by atomic mass is 10.1. The molecule has 0 atom stereocenters. The molecule has 15 heavy (non-hydrogen) atoms. The standard InChI is InChI=1S/C14H18O/c1-3-5-7-14(15)13-10-8-12(6-4-2)9-11-13/h5,7-11H,3-4,6H2,1-2H3/b7-5+. The minimum Gasteiger partial charge on any atom is -0.289 e. The molecule has 1 nitrogen and oxygen atoms in total. The molecule has 0 fully saturated rings. The van der Waals surface area contributed by atoms with Crippen molar-refractivity contribution >= 4 is 5.78 Å². The van der Waals surface area contributed by atoms with Crippen LogP contribution in [0.2, 0.25) is 0 Å². The van der Waals surface area contributed by atoms with Crippen LogP contribution in [-0.4, -0.2) is 5.78 Å². The normalized spacial score (nSPS) is 10.8. The highest BCUT2D eigenvalue weighted by atomic mass is 16.1. The van der Waals surface area contributed by atoms with Crippen LogP contribution in [0.1, 0.15) is 42.6 Å². The fraction of sp³-hybridized carbons (Fsp3) is 0.357. The van der Waals surface area contributed by atoms with Gasteiger partial charge in [0.25, 0.3) is 0 Å². The molecule has 0 heterocycles. The summed E-state index contributed by atoms with van der Waals surface area (Å²) in [5, 5.41) is 0. The van der Waals surface area contributed by atoms with Crippen LogP contribution in [0.15, 0.2) is 36.4 Å². The molecule has 1 aromatic rings. The molecular formula is C14H18O. The molecule has 0 saturated heterocycles. The Balaban J connectivity index is 2.71. The zero-order valence-electron chi connectivity index (χ0n) is 9.49. The van der Waals surface area contributed by atoms with E-state index >= 15 is 0 Å². The zero-order chi connectivity index (χ0) is 11.1. The first-order valence-corrected chi connectivity index (χ1v) is 5.57. The van der Waals surface area contributed by atoms with Gasteiger partial charge in [0, 0.05) is 5.56 Å². The first-order valence-electron chi connectivity index (χ1n) is 5.57. The number of aryl methyl sites for hydroxylation is 1. The Morgan fingerprint density at radius 3 is 2.40 bits per heavy atom. The van der Waals surface area contributed by atoms with Crippen molar-refractivity contribution in [1.82, 2.24) is 0 Å². The Kier molecular flexibility index (Phi) is 4.82. The van der Waals surface area contributed by atoms with E-state index in [1.165, 1.54) is 5.56 Å². The van der Waals surface area contributed by atoms with E-state index in [-0.39, 0.29) is 5.78 Å². The van der Waals surface area contributed by atoms with E-state index in [1.54, 1.807) is 6.08 Å². The third-order valence-corrected chi connectivity index (χ3v) is 2.28. The first-order chi connectivity index (χ1) is 7.27. The van der Waals surface area contributed by atoms with Crippen LogP contribution in [-0.2, 0) is 6.42 Å². The molecule has 80 valence electrons. The van der Waals surface area contributed by atoms with Gasteiger partial charge in [-0.1, -0.05) is 50.6 Å². The summed E-state index contributed by atoms with van der Waals surface area (Å²) < 4.78 is 0. The highest BCUT2D eigenvalue weighted by molar-refractivity contribution is 6.04. The number of hydrogen-bond donors (Lipinski definition) is 0. The van der Waals surface area contributed by atoms with Crippen LogP contribution < -0.4 is 0 Å². The summed E-state index contributed by atoms with van der Waals surface area (Å²) in [7, 11) is 0. The number of ketones is 1. The summed E-state index contributed by atoms with van der Waals surface area (Å²) in [6.45, 7) is 4.18. The summed E-state index contributed by atoms with van der Waals surface area (Å²) in [6.07, 6.45) is 6.67. The summed E-state index contributed by atoms with van der Waals surface area (Å²) in [6, 6.07) is 7.90.